The molecule has 2 bridgehead atoms. The third-order valence-electron chi connectivity index (χ3n) is 4.92. The van der Waals surface area contributed by atoms with Gasteiger partial charge < -0.3 is 9.64 Å². The molecule has 0 saturated carbocycles. The van der Waals surface area contributed by atoms with Gasteiger partial charge in [-0.05, 0) is 6.42 Å². The van der Waals surface area contributed by atoms with Crippen LogP contribution >= 0.6 is 0 Å². The van der Waals surface area contributed by atoms with E-state index < -0.39 is 0 Å². The number of fused-ring (bicyclic) bond motifs is 1. The van der Waals surface area contributed by atoms with E-state index in [1.165, 1.54) is 0 Å². The molecule has 0 aliphatic carbocycles. The van der Waals surface area contributed by atoms with Crippen molar-refractivity contribution in [3.8, 4) is 0 Å². The number of nitrogens with zero attached hydrogens (tertiary/aromatic N) is 3. The molecule has 4 aliphatic heterocycles. The lowest BCUT2D eigenvalue weighted by molar-refractivity contribution is -0.0343. The lowest BCUT2D eigenvalue weighted by Gasteiger charge is -2.34. The first-order chi connectivity index (χ1) is 9.70. The fourth-order valence-corrected chi connectivity index (χ4v) is 3.90. The average Bonchev–Trinajstić information content (AvgIpc) is 3.07. The summed E-state index contributed by atoms with van der Waals surface area (Å²) in [5.74, 6) is 2.28. The van der Waals surface area contributed by atoms with Gasteiger partial charge in [-0.15, -0.1) is 9.60 Å². The van der Waals surface area contributed by atoms with Crippen LogP contribution in [-0.4, -0.2) is 72.0 Å². The van der Waals surface area contributed by atoms with Gasteiger partial charge in [-0.3, -0.25) is 4.90 Å². The van der Waals surface area contributed by atoms with Crippen LogP contribution < -0.4 is 0 Å². The Bertz CT molecular complexity index is 497. The van der Waals surface area contributed by atoms with Gasteiger partial charge in [-0.25, -0.2) is 4.79 Å². The number of carbonyl (C=O) groups excluding carboxylic acids is 1. The van der Waals surface area contributed by atoms with E-state index in [0.717, 1.165) is 17.2 Å². The molecule has 3 fully saturated rings. The summed E-state index contributed by atoms with van der Waals surface area (Å²) in [5.41, 5.74) is 0.429. The third-order valence-corrected chi connectivity index (χ3v) is 4.92. The van der Waals surface area contributed by atoms with E-state index in [-0.39, 0.29) is 17.6 Å². The zero-order chi connectivity index (χ0) is 13.7. The number of hydrogen-bond donors (Lipinski definition) is 0. The topological polar surface area (TPSA) is 36.0 Å². The number of likely N-dealkylation sites (tertiary alicyclic amines) is 1. The van der Waals surface area contributed by atoms with Gasteiger partial charge in [0.1, 0.15) is 17.2 Å². The molecule has 0 radical (unpaired) electrons. The molecule has 0 aromatic rings. The van der Waals surface area contributed by atoms with Gasteiger partial charge in [0.15, 0.2) is 0 Å². The molecule has 6 heteroatoms. The van der Waals surface area contributed by atoms with Gasteiger partial charge >= 0.3 is 0 Å². The van der Waals surface area contributed by atoms with Crippen molar-refractivity contribution in [2.75, 3.05) is 39.4 Å². The highest BCUT2D eigenvalue weighted by Crippen LogP contribution is 2.51. The van der Waals surface area contributed by atoms with Crippen molar-refractivity contribution < 1.29 is 14.0 Å². The van der Waals surface area contributed by atoms with Crippen LogP contribution in [0.5, 0.6) is 0 Å². The van der Waals surface area contributed by atoms with E-state index >= 15 is 0 Å². The van der Waals surface area contributed by atoms with Crippen molar-refractivity contribution in [2.45, 2.75) is 18.1 Å². The van der Waals surface area contributed by atoms with E-state index in [4.69, 9.17) is 4.74 Å². The van der Waals surface area contributed by atoms with Gasteiger partial charge in [-0.2, -0.15) is 0 Å². The molecular weight excluding hydrogens is 261 g/mol. The maximum Gasteiger partial charge on any atom is 0.146 e. The van der Waals surface area contributed by atoms with E-state index in [1.807, 2.05) is 0 Å². The minimum atomic E-state index is -0.306. The molecular formula is C14H18FN3O2. The van der Waals surface area contributed by atoms with Gasteiger partial charge in [0.25, 0.3) is 0 Å². The highest BCUT2D eigenvalue weighted by molar-refractivity contribution is 5.57. The van der Waals surface area contributed by atoms with E-state index in [1.54, 1.807) is 0 Å². The Morgan fingerprint density at radius 1 is 1.40 bits per heavy atom. The smallest absolute Gasteiger partial charge is 0.146 e. The zero-order valence-electron chi connectivity index (χ0n) is 11.3. The molecule has 1 spiro atoms. The molecule has 3 unspecified atom stereocenters. The number of rotatable bonds is 2. The van der Waals surface area contributed by atoms with Crippen molar-refractivity contribution >= 4 is 5.94 Å². The van der Waals surface area contributed by atoms with Crippen molar-refractivity contribution in [3.63, 3.8) is 0 Å². The minimum Gasteiger partial charge on any atom is -0.361 e. The quantitative estimate of drug-likeness (QED) is 0.410. The second-order valence-electron chi connectivity index (χ2n) is 6.11. The average molecular weight is 279 g/mol. The first-order valence-electron chi connectivity index (χ1n) is 7.20. The van der Waals surface area contributed by atoms with Gasteiger partial charge in [0.2, 0.25) is 0 Å². The monoisotopic (exact) mass is 279 g/mol. The molecule has 108 valence electrons. The molecule has 0 aromatic heterocycles. The summed E-state index contributed by atoms with van der Waals surface area (Å²) >= 11 is 0. The van der Waals surface area contributed by atoms with Crippen LogP contribution in [0.15, 0.2) is 17.8 Å². The Morgan fingerprint density at radius 3 is 2.90 bits per heavy atom. The van der Waals surface area contributed by atoms with Gasteiger partial charge in [0, 0.05) is 32.1 Å². The molecule has 0 aromatic carbocycles. The summed E-state index contributed by atoms with van der Waals surface area (Å²) in [7, 11) is 0. The lowest BCUT2D eigenvalue weighted by Crippen LogP contribution is -2.47. The summed E-state index contributed by atoms with van der Waals surface area (Å²) in [6, 6.07) is 0. The zero-order valence-corrected chi connectivity index (χ0v) is 11.3. The normalized spacial score (nSPS) is 40.5. The van der Waals surface area contributed by atoms with Crippen LogP contribution in [-0.2, 0) is 9.53 Å². The number of ether oxygens (including phenoxy) is 1. The van der Waals surface area contributed by atoms with E-state index in [0.29, 0.717) is 39.4 Å². The maximum atomic E-state index is 13.0. The van der Waals surface area contributed by atoms with E-state index in [2.05, 4.69) is 27.9 Å². The predicted molar refractivity (Wildman–Crippen MR) is 69.9 cm³/mol. The van der Waals surface area contributed by atoms with Crippen LogP contribution in [0, 0.1) is 5.92 Å². The standard InChI is InChI=1S/C14H18FN3O2/c15-18-5-3-16(4-6-18)10-17-9-14-2-1-11(20-14)7-12(14)13(17)8-19/h1-2,11-12H,3-7,9-10H2. The van der Waals surface area contributed by atoms with Crippen LogP contribution in [0.3, 0.4) is 0 Å². The summed E-state index contributed by atoms with van der Waals surface area (Å²) in [4.78, 5) is 15.6. The highest BCUT2D eigenvalue weighted by atomic mass is 19.2. The number of piperazine rings is 1. The van der Waals surface area contributed by atoms with Crippen molar-refractivity contribution in [1.29, 1.82) is 0 Å². The maximum absolute atomic E-state index is 13.0. The first kappa shape index (κ1) is 12.5. The molecule has 20 heavy (non-hydrogen) atoms. The van der Waals surface area contributed by atoms with Gasteiger partial charge in [0.05, 0.1) is 19.3 Å². The number of hydrogen-bond acceptors (Lipinski definition) is 5. The summed E-state index contributed by atoms with van der Waals surface area (Å²) in [6.07, 6.45) is 5.27. The molecule has 5 nitrogen and oxygen atoms in total. The fraction of sp³-hybridized carbons (Fsp3) is 0.714. The summed E-state index contributed by atoms with van der Waals surface area (Å²) in [5, 5.41) is 0.845. The Labute approximate surface area is 117 Å². The molecule has 3 atom stereocenters. The second kappa shape index (κ2) is 4.40. The predicted octanol–water partition coefficient (Wildman–Crippen LogP) is 0.191. The van der Waals surface area contributed by atoms with E-state index in [9.17, 15) is 9.28 Å². The highest BCUT2D eigenvalue weighted by Gasteiger charge is 2.58. The largest absolute Gasteiger partial charge is 0.361 e. The molecule has 4 heterocycles. The van der Waals surface area contributed by atoms with Gasteiger partial charge in [-0.1, -0.05) is 12.2 Å². The SMILES string of the molecule is O=C=C1C2CC3C=CC2(CN1CN1CCN(F)CC1)O3. The second-order valence-corrected chi connectivity index (χ2v) is 6.11. The fourth-order valence-electron chi connectivity index (χ4n) is 3.90. The Morgan fingerprint density at radius 2 is 2.20 bits per heavy atom. The molecule has 4 rings (SSSR count). The Kier molecular flexibility index (Phi) is 2.76. The molecule has 0 N–H and O–H groups in total. The Balaban J connectivity index is 1.49. The molecule has 4 aliphatic rings. The molecule has 3 saturated heterocycles. The molecule has 0 amide bonds. The summed E-state index contributed by atoms with van der Waals surface area (Å²) in [6.45, 7) is 3.62. The third kappa shape index (κ3) is 1.76. The minimum absolute atomic E-state index is 0.150. The summed E-state index contributed by atoms with van der Waals surface area (Å²) < 4.78 is 19.0. The first-order valence-corrected chi connectivity index (χ1v) is 7.20. The van der Waals surface area contributed by atoms with Crippen LogP contribution in [0.25, 0.3) is 0 Å². The van der Waals surface area contributed by atoms with Crippen LogP contribution in [0.4, 0.5) is 4.48 Å². The Hall–Kier alpha value is -1.20. The van der Waals surface area contributed by atoms with Crippen molar-refractivity contribution in [1.82, 2.24) is 14.9 Å². The lowest BCUT2D eigenvalue weighted by atomic mass is 9.84. The van der Waals surface area contributed by atoms with Crippen LogP contribution in [0.1, 0.15) is 6.42 Å². The van der Waals surface area contributed by atoms with Crippen molar-refractivity contribution in [3.05, 3.63) is 17.8 Å². The van der Waals surface area contributed by atoms with Crippen molar-refractivity contribution in [2.24, 2.45) is 5.92 Å². The van der Waals surface area contributed by atoms with Crippen LogP contribution in [0.2, 0.25) is 0 Å². The number of halogens is 1.